The van der Waals surface area contributed by atoms with Gasteiger partial charge < -0.3 is 10.6 Å². The number of carbonyl (C=O) groups excluding carboxylic acids is 1. The van der Waals surface area contributed by atoms with Gasteiger partial charge in [-0.15, -0.1) is 0 Å². The second kappa shape index (κ2) is 8.04. The third-order valence-corrected chi connectivity index (χ3v) is 5.33. The van der Waals surface area contributed by atoms with Crippen LogP contribution in [-0.4, -0.2) is 41.2 Å². The highest BCUT2D eigenvalue weighted by atomic mass is 16.2. The lowest BCUT2D eigenvalue weighted by Gasteiger charge is -2.18. The Kier molecular flexibility index (Phi) is 5.44. The summed E-state index contributed by atoms with van der Waals surface area (Å²) in [5, 5.41) is 10.8. The van der Waals surface area contributed by atoms with Crippen LogP contribution in [0.3, 0.4) is 0 Å². The van der Waals surface area contributed by atoms with Crippen molar-refractivity contribution < 1.29 is 4.79 Å². The number of aryl methyl sites for hydroxylation is 1. The average molecular weight is 411 g/mol. The number of aromatic nitrogens is 6. The Bertz CT molecular complexity index is 1030. The molecule has 0 aliphatic heterocycles. The van der Waals surface area contributed by atoms with Gasteiger partial charge in [0.2, 0.25) is 17.8 Å². The zero-order valence-electron chi connectivity index (χ0n) is 18.1. The lowest BCUT2D eigenvalue weighted by molar-refractivity contribution is -0.123. The van der Waals surface area contributed by atoms with E-state index in [4.69, 9.17) is 9.97 Å². The molecule has 0 unspecified atom stereocenters. The first-order valence-corrected chi connectivity index (χ1v) is 10.7. The fraction of sp³-hybridized carbons (Fsp3) is 0.571. The van der Waals surface area contributed by atoms with E-state index in [1.54, 1.807) is 10.9 Å². The van der Waals surface area contributed by atoms with Crippen LogP contribution >= 0.6 is 0 Å². The highest BCUT2D eigenvalue weighted by Crippen LogP contribution is 2.28. The molecular weight excluding hydrogens is 380 g/mol. The van der Waals surface area contributed by atoms with Gasteiger partial charge in [0.25, 0.3) is 0 Å². The third-order valence-electron chi connectivity index (χ3n) is 5.33. The molecule has 4 rings (SSSR count). The van der Waals surface area contributed by atoms with E-state index in [2.05, 4.69) is 27.6 Å². The summed E-state index contributed by atoms with van der Waals surface area (Å²) in [4.78, 5) is 27.0. The van der Waals surface area contributed by atoms with Crippen LogP contribution in [0, 0.1) is 5.41 Å². The van der Waals surface area contributed by atoms with Crippen molar-refractivity contribution in [2.75, 3.05) is 10.6 Å². The van der Waals surface area contributed by atoms with Crippen LogP contribution in [0.2, 0.25) is 0 Å². The van der Waals surface area contributed by atoms with Crippen molar-refractivity contribution in [2.24, 2.45) is 5.41 Å². The molecule has 1 saturated carbocycles. The Morgan fingerprint density at radius 2 is 1.97 bits per heavy atom. The summed E-state index contributed by atoms with van der Waals surface area (Å²) in [7, 11) is 0. The summed E-state index contributed by atoms with van der Waals surface area (Å²) < 4.78 is 3.76. The van der Waals surface area contributed by atoms with E-state index < -0.39 is 5.41 Å². The minimum atomic E-state index is -0.548. The van der Waals surface area contributed by atoms with Crippen LogP contribution in [0.15, 0.2) is 18.5 Å². The van der Waals surface area contributed by atoms with Gasteiger partial charge >= 0.3 is 0 Å². The second-order valence-corrected chi connectivity index (χ2v) is 8.91. The fourth-order valence-corrected chi connectivity index (χ4v) is 3.68. The van der Waals surface area contributed by atoms with Crippen molar-refractivity contribution >= 4 is 28.8 Å². The van der Waals surface area contributed by atoms with E-state index in [-0.39, 0.29) is 5.91 Å². The first-order valence-electron chi connectivity index (χ1n) is 10.7. The number of carbonyl (C=O) groups is 1. The molecule has 9 heteroatoms. The molecule has 0 bridgehead atoms. The molecule has 3 heterocycles. The van der Waals surface area contributed by atoms with E-state index in [9.17, 15) is 4.79 Å². The van der Waals surface area contributed by atoms with E-state index in [0.717, 1.165) is 25.8 Å². The molecule has 1 aliphatic carbocycles. The van der Waals surface area contributed by atoms with Crippen LogP contribution in [0.4, 0.5) is 11.8 Å². The Morgan fingerprint density at radius 1 is 1.20 bits per heavy atom. The smallest absolute Gasteiger partial charge is 0.233 e. The molecule has 1 amide bonds. The van der Waals surface area contributed by atoms with Gasteiger partial charge in [-0.3, -0.25) is 9.36 Å². The number of rotatable bonds is 6. The van der Waals surface area contributed by atoms with E-state index >= 15 is 0 Å². The highest BCUT2D eigenvalue weighted by molar-refractivity contribution is 6.00. The minimum absolute atomic E-state index is 0.111. The molecule has 3 aromatic rings. The maximum absolute atomic E-state index is 12.7. The topological polar surface area (TPSA) is 103 Å². The maximum Gasteiger partial charge on any atom is 0.233 e. The molecule has 1 fully saturated rings. The molecule has 0 spiro atoms. The summed E-state index contributed by atoms with van der Waals surface area (Å²) in [5.74, 6) is 1.52. The van der Waals surface area contributed by atoms with E-state index in [0.29, 0.717) is 34.9 Å². The van der Waals surface area contributed by atoms with Crippen molar-refractivity contribution in [3.63, 3.8) is 0 Å². The molecule has 160 valence electrons. The van der Waals surface area contributed by atoms with Gasteiger partial charge in [-0.25, -0.2) is 9.67 Å². The highest BCUT2D eigenvalue weighted by Gasteiger charge is 2.26. The van der Waals surface area contributed by atoms with E-state index in [1.807, 2.05) is 37.6 Å². The van der Waals surface area contributed by atoms with Gasteiger partial charge in [0.1, 0.15) is 0 Å². The monoisotopic (exact) mass is 410 g/mol. The predicted octanol–water partition coefficient (Wildman–Crippen LogP) is 3.76. The summed E-state index contributed by atoms with van der Waals surface area (Å²) in [6.07, 6.45) is 9.13. The normalized spacial score (nSPS) is 15.1. The SMILES string of the molecule is CCCn1c(-n2cccn2)nc2c(NC(=O)C(C)(C)C)nc(NC3CCCC3)nc21. The van der Waals surface area contributed by atoms with Crippen molar-refractivity contribution in [1.82, 2.24) is 29.3 Å². The number of hydrogen-bond donors (Lipinski definition) is 2. The number of nitrogens with zero attached hydrogens (tertiary/aromatic N) is 6. The molecule has 0 saturated heterocycles. The summed E-state index contributed by atoms with van der Waals surface area (Å²) in [6.45, 7) is 8.48. The number of amides is 1. The van der Waals surface area contributed by atoms with Crippen LogP contribution in [0.25, 0.3) is 17.1 Å². The molecule has 0 radical (unpaired) electrons. The molecule has 0 aromatic carbocycles. The van der Waals surface area contributed by atoms with Crippen molar-refractivity contribution in [3.05, 3.63) is 18.5 Å². The molecule has 3 aromatic heterocycles. The zero-order valence-corrected chi connectivity index (χ0v) is 18.1. The van der Waals surface area contributed by atoms with Crippen LogP contribution in [0.5, 0.6) is 0 Å². The Balaban J connectivity index is 1.85. The third kappa shape index (κ3) is 4.01. The van der Waals surface area contributed by atoms with Gasteiger partial charge in [-0.05, 0) is 25.3 Å². The number of imidazole rings is 1. The number of fused-ring (bicyclic) bond motifs is 1. The molecule has 1 aliphatic rings. The van der Waals surface area contributed by atoms with Gasteiger partial charge in [0.05, 0.1) is 0 Å². The summed E-state index contributed by atoms with van der Waals surface area (Å²) >= 11 is 0. The fourth-order valence-electron chi connectivity index (χ4n) is 3.68. The molecule has 9 nitrogen and oxygen atoms in total. The van der Waals surface area contributed by atoms with Gasteiger partial charge in [-0.1, -0.05) is 40.5 Å². The number of anilines is 2. The summed E-state index contributed by atoms with van der Waals surface area (Å²) in [6, 6.07) is 2.22. The van der Waals surface area contributed by atoms with Crippen LogP contribution < -0.4 is 10.6 Å². The van der Waals surface area contributed by atoms with Gasteiger partial charge in [0.15, 0.2) is 17.0 Å². The first-order chi connectivity index (χ1) is 14.4. The Hall–Kier alpha value is -2.97. The largest absolute Gasteiger partial charge is 0.351 e. The quantitative estimate of drug-likeness (QED) is 0.641. The second-order valence-electron chi connectivity index (χ2n) is 8.91. The predicted molar refractivity (Wildman–Crippen MR) is 117 cm³/mol. The first kappa shape index (κ1) is 20.3. The molecular formula is C21H30N8O. The Morgan fingerprint density at radius 3 is 2.60 bits per heavy atom. The van der Waals surface area contributed by atoms with E-state index in [1.165, 1.54) is 12.8 Å². The molecule has 2 N–H and O–H groups in total. The maximum atomic E-state index is 12.7. The number of hydrogen-bond acceptors (Lipinski definition) is 6. The minimum Gasteiger partial charge on any atom is -0.351 e. The van der Waals surface area contributed by atoms with Crippen molar-refractivity contribution in [1.29, 1.82) is 0 Å². The lowest BCUT2D eigenvalue weighted by Crippen LogP contribution is -2.28. The van der Waals surface area contributed by atoms with Crippen LogP contribution in [0.1, 0.15) is 59.8 Å². The van der Waals surface area contributed by atoms with Crippen molar-refractivity contribution in [2.45, 2.75) is 72.4 Å². The van der Waals surface area contributed by atoms with Gasteiger partial charge in [-0.2, -0.15) is 15.1 Å². The molecule has 30 heavy (non-hydrogen) atoms. The van der Waals surface area contributed by atoms with Crippen LogP contribution in [-0.2, 0) is 11.3 Å². The number of nitrogens with one attached hydrogen (secondary N) is 2. The van der Waals surface area contributed by atoms with Crippen molar-refractivity contribution in [3.8, 4) is 5.95 Å². The Labute approximate surface area is 176 Å². The van der Waals surface area contributed by atoms with Gasteiger partial charge in [0, 0.05) is 30.4 Å². The lowest BCUT2D eigenvalue weighted by atomic mass is 9.96. The zero-order chi connectivity index (χ0) is 21.3. The summed E-state index contributed by atoms with van der Waals surface area (Å²) in [5.41, 5.74) is 0.721. The average Bonchev–Trinajstić information content (AvgIpc) is 3.43. The standard InChI is InChI=1S/C21H30N8O/c1-5-12-28-17-15(24-20(28)29-13-8-11-22-29)16(25-18(30)21(2,3)4)26-19(27-17)23-14-9-6-7-10-14/h8,11,13-14H,5-7,9-10,12H2,1-4H3,(H2,23,25,26,27,30). The molecule has 0 atom stereocenters.